The van der Waals surface area contributed by atoms with Crippen molar-refractivity contribution in [3.63, 3.8) is 0 Å². The van der Waals surface area contributed by atoms with Gasteiger partial charge < -0.3 is 14.5 Å². The molecule has 210 valence electrons. The van der Waals surface area contributed by atoms with Gasteiger partial charge in [0.2, 0.25) is 10.0 Å². The van der Waals surface area contributed by atoms with Crippen LogP contribution in [0.5, 0.6) is 11.5 Å². The van der Waals surface area contributed by atoms with E-state index in [4.69, 9.17) is 14.5 Å². The summed E-state index contributed by atoms with van der Waals surface area (Å²) in [6, 6.07) is 13.0. The number of hydrogen-bond donors (Lipinski definition) is 1. The van der Waals surface area contributed by atoms with Crippen molar-refractivity contribution in [1.82, 2.24) is 29.3 Å². The number of ether oxygens (including phenoxy) is 2. The minimum Gasteiger partial charge on any atom is -0.486 e. The maximum absolute atomic E-state index is 13.3. The summed E-state index contributed by atoms with van der Waals surface area (Å²) in [5.41, 5.74) is 2.58. The molecule has 6 rings (SSSR count). The highest BCUT2D eigenvalue weighted by atomic mass is 32.2. The lowest BCUT2D eigenvalue weighted by atomic mass is 9.87. The summed E-state index contributed by atoms with van der Waals surface area (Å²) < 4.78 is 40.9. The second kappa shape index (κ2) is 10.0. The number of nitrogens with one attached hydrogen (secondary N) is 1. The molecule has 4 aromatic rings. The molecule has 2 aliphatic rings. The molecule has 1 fully saturated rings. The standard InChI is InChI=1S/C28H32N6O5S/c1-28(2,3)20-6-4-18(5-7-20)17-34-26-24(31-32-34)27(35)30-25(29-26)19-10-12-33(13-11-19)40(36,37)21-8-9-22-23(16-21)39-15-14-38-22/h4-9,16,19H,10-15,17H2,1-3H3,(H,29,30,35). The Morgan fingerprint density at radius 2 is 1.70 bits per heavy atom. The molecular formula is C28H32N6O5S. The number of rotatable bonds is 5. The van der Waals surface area contributed by atoms with Gasteiger partial charge in [0, 0.05) is 25.1 Å². The zero-order valence-corrected chi connectivity index (χ0v) is 23.6. The van der Waals surface area contributed by atoms with Gasteiger partial charge in [-0.25, -0.2) is 18.1 Å². The number of nitrogens with zero attached hydrogens (tertiary/aromatic N) is 5. The third kappa shape index (κ3) is 4.97. The van der Waals surface area contributed by atoms with Crippen molar-refractivity contribution < 1.29 is 17.9 Å². The van der Waals surface area contributed by atoms with Crippen molar-refractivity contribution in [2.45, 2.75) is 56.4 Å². The first-order valence-electron chi connectivity index (χ1n) is 13.4. The van der Waals surface area contributed by atoms with E-state index in [1.165, 1.54) is 15.9 Å². The first-order chi connectivity index (χ1) is 19.1. The van der Waals surface area contributed by atoms with Crippen molar-refractivity contribution in [3.8, 4) is 11.5 Å². The van der Waals surface area contributed by atoms with Gasteiger partial charge in [-0.15, -0.1) is 5.10 Å². The van der Waals surface area contributed by atoms with Crippen LogP contribution in [-0.4, -0.2) is 64.0 Å². The maximum Gasteiger partial charge on any atom is 0.281 e. The normalized spacial score (nSPS) is 16.9. The number of H-pyrrole nitrogens is 1. The summed E-state index contributed by atoms with van der Waals surface area (Å²) in [7, 11) is -3.71. The van der Waals surface area contributed by atoms with Crippen LogP contribution in [-0.2, 0) is 22.0 Å². The highest BCUT2D eigenvalue weighted by Crippen LogP contribution is 2.35. The fourth-order valence-corrected chi connectivity index (χ4v) is 6.65. The third-order valence-corrected chi connectivity index (χ3v) is 9.43. The molecule has 0 spiro atoms. The van der Waals surface area contributed by atoms with Crippen molar-refractivity contribution in [2.24, 2.45) is 0 Å². The SMILES string of the molecule is CC(C)(C)c1ccc(Cn2nnc3c(=O)[nH]c(C4CCN(S(=O)(=O)c5ccc6c(c5)OCCO6)CC4)nc32)cc1. The van der Waals surface area contributed by atoms with Gasteiger partial charge in [0.25, 0.3) is 5.56 Å². The van der Waals surface area contributed by atoms with E-state index in [0.29, 0.717) is 68.7 Å². The van der Waals surface area contributed by atoms with E-state index in [2.05, 4.69) is 60.3 Å². The van der Waals surface area contributed by atoms with Gasteiger partial charge in [0.05, 0.1) is 11.4 Å². The number of piperidine rings is 1. The molecule has 2 aromatic carbocycles. The van der Waals surface area contributed by atoms with Gasteiger partial charge in [-0.1, -0.05) is 50.3 Å². The average molecular weight is 565 g/mol. The minimum atomic E-state index is -3.71. The monoisotopic (exact) mass is 564 g/mol. The van der Waals surface area contributed by atoms with Gasteiger partial charge in [0.15, 0.2) is 22.7 Å². The maximum atomic E-state index is 13.3. The molecule has 0 aliphatic carbocycles. The second-order valence-corrected chi connectivity index (χ2v) is 13.2. The van der Waals surface area contributed by atoms with Crippen LogP contribution < -0.4 is 15.0 Å². The predicted octanol–water partition coefficient (Wildman–Crippen LogP) is 3.20. The summed E-state index contributed by atoms with van der Waals surface area (Å²) in [5.74, 6) is 1.41. The van der Waals surface area contributed by atoms with E-state index >= 15 is 0 Å². The zero-order valence-electron chi connectivity index (χ0n) is 22.8. The summed E-state index contributed by atoms with van der Waals surface area (Å²) in [6.07, 6.45) is 1.04. The number of sulfonamides is 1. The molecule has 0 amide bonds. The van der Waals surface area contributed by atoms with Crippen molar-refractivity contribution in [2.75, 3.05) is 26.3 Å². The first kappa shape index (κ1) is 26.5. The van der Waals surface area contributed by atoms with Crippen LogP contribution in [0.1, 0.15) is 56.5 Å². The molecule has 1 N–H and O–H groups in total. The van der Waals surface area contributed by atoms with Crippen LogP contribution in [0.3, 0.4) is 0 Å². The van der Waals surface area contributed by atoms with Gasteiger partial charge in [-0.2, -0.15) is 4.31 Å². The van der Waals surface area contributed by atoms with E-state index in [-0.39, 0.29) is 27.3 Å². The van der Waals surface area contributed by atoms with Gasteiger partial charge in [-0.3, -0.25) is 4.79 Å². The van der Waals surface area contributed by atoms with E-state index in [9.17, 15) is 13.2 Å². The van der Waals surface area contributed by atoms with Crippen LogP contribution in [0.15, 0.2) is 52.2 Å². The molecule has 0 atom stereocenters. The lowest BCUT2D eigenvalue weighted by molar-refractivity contribution is 0.171. The first-order valence-corrected chi connectivity index (χ1v) is 14.9. The lowest BCUT2D eigenvalue weighted by Crippen LogP contribution is -2.38. The molecule has 0 saturated carbocycles. The molecule has 0 bridgehead atoms. The Labute approximate surface area is 232 Å². The smallest absolute Gasteiger partial charge is 0.281 e. The van der Waals surface area contributed by atoms with Gasteiger partial charge >= 0.3 is 0 Å². The molecule has 0 unspecified atom stereocenters. The van der Waals surface area contributed by atoms with Crippen LogP contribution in [0, 0.1) is 0 Å². The van der Waals surface area contributed by atoms with Crippen LogP contribution >= 0.6 is 0 Å². The number of aromatic amines is 1. The minimum absolute atomic E-state index is 0.0566. The lowest BCUT2D eigenvalue weighted by Gasteiger charge is -2.31. The Morgan fingerprint density at radius 1 is 1.00 bits per heavy atom. The number of fused-ring (bicyclic) bond motifs is 2. The zero-order chi connectivity index (χ0) is 28.1. The van der Waals surface area contributed by atoms with E-state index < -0.39 is 10.0 Å². The molecule has 12 heteroatoms. The number of hydrogen-bond acceptors (Lipinski definition) is 8. The van der Waals surface area contributed by atoms with Gasteiger partial charge in [0.1, 0.15) is 19.0 Å². The molecule has 0 radical (unpaired) electrons. The highest BCUT2D eigenvalue weighted by molar-refractivity contribution is 7.89. The fourth-order valence-electron chi connectivity index (χ4n) is 5.17. The van der Waals surface area contributed by atoms with Crippen molar-refractivity contribution in [1.29, 1.82) is 0 Å². The molecular weight excluding hydrogens is 532 g/mol. The number of aromatic nitrogens is 5. The topological polar surface area (TPSA) is 132 Å². The Balaban J connectivity index is 1.19. The summed E-state index contributed by atoms with van der Waals surface area (Å²) in [5, 5.41) is 8.26. The highest BCUT2D eigenvalue weighted by Gasteiger charge is 2.32. The quantitative estimate of drug-likeness (QED) is 0.391. The third-order valence-electron chi connectivity index (χ3n) is 7.54. The molecule has 2 aromatic heterocycles. The van der Waals surface area contributed by atoms with E-state index in [0.717, 1.165) is 5.56 Å². The Morgan fingerprint density at radius 3 is 2.40 bits per heavy atom. The summed E-state index contributed by atoms with van der Waals surface area (Å²) in [6.45, 7) is 8.38. The van der Waals surface area contributed by atoms with Crippen molar-refractivity contribution >= 4 is 21.2 Å². The molecule has 4 heterocycles. The largest absolute Gasteiger partial charge is 0.486 e. The molecule has 11 nitrogen and oxygen atoms in total. The van der Waals surface area contributed by atoms with Crippen LogP contribution in [0.4, 0.5) is 0 Å². The van der Waals surface area contributed by atoms with E-state index in [1.807, 2.05) is 0 Å². The fraction of sp³-hybridized carbons (Fsp3) is 0.429. The predicted molar refractivity (Wildman–Crippen MR) is 148 cm³/mol. The summed E-state index contributed by atoms with van der Waals surface area (Å²) in [4.78, 5) is 20.6. The molecule has 2 aliphatic heterocycles. The van der Waals surface area contributed by atoms with E-state index in [1.54, 1.807) is 16.8 Å². The van der Waals surface area contributed by atoms with Crippen LogP contribution in [0.2, 0.25) is 0 Å². The second-order valence-electron chi connectivity index (χ2n) is 11.3. The van der Waals surface area contributed by atoms with Crippen molar-refractivity contribution in [3.05, 3.63) is 69.8 Å². The summed E-state index contributed by atoms with van der Waals surface area (Å²) >= 11 is 0. The average Bonchev–Trinajstić information content (AvgIpc) is 3.35. The van der Waals surface area contributed by atoms with Crippen LogP contribution in [0.25, 0.3) is 11.2 Å². The Bertz CT molecular complexity index is 1710. The molecule has 40 heavy (non-hydrogen) atoms. The number of benzene rings is 2. The Hall–Kier alpha value is -3.77. The molecule has 1 saturated heterocycles. The Kier molecular flexibility index (Phi) is 6.62. The van der Waals surface area contributed by atoms with Gasteiger partial charge in [-0.05, 0) is 41.5 Å².